The van der Waals surface area contributed by atoms with Gasteiger partial charge in [-0.3, -0.25) is 15.2 Å². The molecule has 6 nitrogen and oxygen atoms in total. The molecule has 168 valence electrons. The minimum atomic E-state index is -4.55. The molecule has 0 amide bonds. The molecule has 2 N–H and O–H groups in total. The van der Waals surface area contributed by atoms with Crippen LogP contribution in [0.25, 0.3) is 33.1 Å². The number of benzene rings is 1. The number of H-pyrrole nitrogens is 2. The van der Waals surface area contributed by atoms with Crippen LogP contribution >= 0.6 is 0 Å². The van der Waals surface area contributed by atoms with E-state index in [1.807, 2.05) is 24.3 Å². The van der Waals surface area contributed by atoms with Crippen LogP contribution in [0.5, 0.6) is 0 Å². The van der Waals surface area contributed by atoms with Crippen molar-refractivity contribution in [3.05, 3.63) is 70.9 Å². The van der Waals surface area contributed by atoms with Gasteiger partial charge in [-0.15, -0.1) is 0 Å². The van der Waals surface area contributed by atoms with Gasteiger partial charge in [0, 0.05) is 28.7 Å². The van der Waals surface area contributed by atoms with Gasteiger partial charge in [-0.25, -0.2) is 4.98 Å². The van der Waals surface area contributed by atoms with Gasteiger partial charge in [0.1, 0.15) is 11.4 Å². The highest BCUT2D eigenvalue weighted by atomic mass is 19.4. The number of aryl methyl sites for hydroxylation is 1. The second kappa shape index (κ2) is 7.70. The number of nitrogens with zero attached hydrogens (tertiary/aromatic N) is 4. The minimum Gasteiger partial charge on any atom is -0.273 e. The van der Waals surface area contributed by atoms with E-state index in [1.54, 1.807) is 12.4 Å². The maximum Gasteiger partial charge on any atom is 0.433 e. The highest BCUT2D eigenvalue weighted by Crippen LogP contribution is 2.41. The number of rotatable bonds is 1. The summed E-state index contributed by atoms with van der Waals surface area (Å²) in [5, 5.41) is 15.0. The van der Waals surface area contributed by atoms with Crippen LogP contribution in [-0.4, -0.2) is 30.4 Å². The van der Waals surface area contributed by atoms with E-state index in [0.717, 1.165) is 52.2 Å². The lowest BCUT2D eigenvalue weighted by atomic mass is 9.85. The molecule has 0 saturated heterocycles. The molecule has 0 aliphatic heterocycles. The van der Waals surface area contributed by atoms with Crippen molar-refractivity contribution >= 4 is 21.8 Å². The molecule has 34 heavy (non-hydrogen) atoms. The number of hydrogen-bond donors (Lipinski definition) is 2. The van der Waals surface area contributed by atoms with Crippen molar-refractivity contribution in [1.29, 1.82) is 0 Å². The third kappa shape index (κ3) is 3.30. The number of halogens is 3. The zero-order valence-corrected chi connectivity index (χ0v) is 17.8. The monoisotopic (exact) mass is 458 g/mol. The number of nitrogens with one attached hydrogen (secondary N) is 2. The van der Waals surface area contributed by atoms with Crippen LogP contribution in [0.2, 0.25) is 0 Å². The largest absolute Gasteiger partial charge is 0.433 e. The fraction of sp³-hybridized carbons (Fsp3) is 0.200. The summed E-state index contributed by atoms with van der Waals surface area (Å²) in [7, 11) is 0. The molecule has 1 aliphatic carbocycles. The summed E-state index contributed by atoms with van der Waals surface area (Å²) in [5.41, 5.74) is 4.07. The van der Waals surface area contributed by atoms with Crippen LogP contribution in [0.15, 0.2) is 42.9 Å². The van der Waals surface area contributed by atoms with Gasteiger partial charge in [-0.1, -0.05) is 5.92 Å². The Morgan fingerprint density at radius 1 is 0.882 bits per heavy atom. The summed E-state index contributed by atoms with van der Waals surface area (Å²) in [6.45, 7) is 0. The van der Waals surface area contributed by atoms with Crippen LogP contribution in [0.1, 0.15) is 40.9 Å². The first-order valence-electron chi connectivity index (χ1n) is 10.9. The summed E-state index contributed by atoms with van der Waals surface area (Å²) in [6, 6.07) is 7.31. The normalized spacial score (nSPS) is 13.6. The van der Waals surface area contributed by atoms with Crippen molar-refractivity contribution in [1.82, 2.24) is 30.4 Å². The topological polar surface area (TPSA) is 83.1 Å². The summed E-state index contributed by atoms with van der Waals surface area (Å²) in [4.78, 5) is 8.82. The number of pyridine rings is 2. The number of aromatic amines is 2. The predicted octanol–water partition coefficient (Wildman–Crippen LogP) is 5.19. The van der Waals surface area contributed by atoms with E-state index < -0.39 is 11.9 Å². The molecular weight excluding hydrogens is 441 g/mol. The lowest BCUT2D eigenvalue weighted by Crippen LogP contribution is -2.11. The van der Waals surface area contributed by atoms with Crippen molar-refractivity contribution < 1.29 is 13.2 Å². The Kier molecular flexibility index (Phi) is 4.62. The van der Waals surface area contributed by atoms with E-state index in [0.29, 0.717) is 23.3 Å². The van der Waals surface area contributed by atoms with Crippen LogP contribution in [0, 0.1) is 11.8 Å². The molecular formula is C25H17F3N6. The average molecular weight is 458 g/mol. The molecule has 1 aromatic carbocycles. The van der Waals surface area contributed by atoms with Crippen LogP contribution in [0.4, 0.5) is 13.2 Å². The van der Waals surface area contributed by atoms with Crippen molar-refractivity contribution in [2.24, 2.45) is 0 Å². The maximum absolute atomic E-state index is 13.6. The predicted molar refractivity (Wildman–Crippen MR) is 121 cm³/mol. The van der Waals surface area contributed by atoms with Gasteiger partial charge in [-0.05, 0) is 67.0 Å². The van der Waals surface area contributed by atoms with Gasteiger partial charge in [0.25, 0.3) is 0 Å². The summed E-state index contributed by atoms with van der Waals surface area (Å²) >= 11 is 0. The first-order chi connectivity index (χ1) is 16.5. The third-order valence-electron chi connectivity index (χ3n) is 6.16. The smallest absolute Gasteiger partial charge is 0.273 e. The Hall–Kier alpha value is -4.19. The number of fused-ring (bicyclic) bond motifs is 5. The van der Waals surface area contributed by atoms with Gasteiger partial charge in [0.15, 0.2) is 0 Å². The fourth-order valence-electron chi connectivity index (χ4n) is 4.69. The minimum absolute atomic E-state index is 0.0172. The van der Waals surface area contributed by atoms with Crippen molar-refractivity contribution in [3.8, 4) is 23.1 Å². The number of hydrogen-bond acceptors (Lipinski definition) is 4. The quantitative estimate of drug-likeness (QED) is 0.339. The van der Waals surface area contributed by atoms with E-state index in [4.69, 9.17) is 4.98 Å². The lowest BCUT2D eigenvalue weighted by Gasteiger charge is -2.22. The SMILES string of the molecule is FC(F)(F)c1[nH]ncc1-c1nc2ccc3n[nH]c(C#Cc4cccnc4)c3c2c2c1CCCC2. The standard InChI is InChI=1S/C25H17F3N6/c26-25(27,28)24-17(13-30-34-24)23-16-6-2-1-5-15(16)21-18(31-23)9-10-20-22(21)19(32-33-20)8-7-14-4-3-11-29-12-14/h3-4,9-13H,1-2,5-6H2,(H,30,34)(H,32,33). The second-order valence-corrected chi connectivity index (χ2v) is 8.23. The van der Waals surface area contributed by atoms with Gasteiger partial charge in [0.2, 0.25) is 0 Å². The van der Waals surface area contributed by atoms with E-state index in [1.165, 1.54) is 6.20 Å². The van der Waals surface area contributed by atoms with Crippen LogP contribution in [0.3, 0.4) is 0 Å². The van der Waals surface area contributed by atoms with Crippen molar-refractivity contribution in [3.63, 3.8) is 0 Å². The summed E-state index contributed by atoms with van der Waals surface area (Å²) < 4.78 is 40.9. The zero-order valence-electron chi connectivity index (χ0n) is 17.8. The maximum atomic E-state index is 13.6. The molecule has 5 aromatic rings. The Bertz CT molecular complexity index is 1600. The van der Waals surface area contributed by atoms with E-state index >= 15 is 0 Å². The highest BCUT2D eigenvalue weighted by Gasteiger charge is 2.37. The molecule has 0 unspecified atom stereocenters. The van der Waals surface area contributed by atoms with Crippen LogP contribution < -0.4 is 0 Å². The second-order valence-electron chi connectivity index (χ2n) is 8.23. The molecule has 4 heterocycles. The highest BCUT2D eigenvalue weighted by molar-refractivity contribution is 6.10. The zero-order chi connectivity index (χ0) is 23.3. The summed E-state index contributed by atoms with van der Waals surface area (Å²) in [5.74, 6) is 6.25. The third-order valence-corrected chi connectivity index (χ3v) is 6.16. The molecule has 0 bridgehead atoms. The Labute approximate surface area is 191 Å². The molecule has 0 saturated carbocycles. The average Bonchev–Trinajstić information content (AvgIpc) is 3.50. The fourth-order valence-corrected chi connectivity index (χ4v) is 4.69. The Morgan fingerprint density at radius 2 is 1.71 bits per heavy atom. The molecule has 6 rings (SSSR count). The Morgan fingerprint density at radius 3 is 2.50 bits per heavy atom. The van der Waals surface area contributed by atoms with Crippen LogP contribution in [-0.2, 0) is 19.0 Å². The first kappa shape index (κ1) is 20.4. The lowest BCUT2D eigenvalue weighted by molar-refractivity contribution is -0.140. The molecule has 9 heteroatoms. The van der Waals surface area contributed by atoms with E-state index in [2.05, 4.69) is 37.2 Å². The summed E-state index contributed by atoms with van der Waals surface area (Å²) in [6.07, 6.45) is 3.28. The van der Waals surface area contributed by atoms with Crippen molar-refractivity contribution in [2.45, 2.75) is 31.9 Å². The van der Waals surface area contributed by atoms with Gasteiger partial charge >= 0.3 is 6.18 Å². The van der Waals surface area contributed by atoms with Gasteiger partial charge in [0.05, 0.1) is 28.5 Å². The first-order valence-corrected chi connectivity index (χ1v) is 10.9. The van der Waals surface area contributed by atoms with Crippen molar-refractivity contribution in [2.75, 3.05) is 0 Å². The molecule has 0 atom stereocenters. The molecule has 0 fully saturated rings. The molecule has 0 radical (unpaired) electrons. The Balaban J connectivity index is 1.62. The van der Waals surface area contributed by atoms with E-state index in [-0.39, 0.29) is 5.56 Å². The molecule has 0 spiro atoms. The van der Waals surface area contributed by atoms with Gasteiger partial charge in [-0.2, -0.15) is 23.4 Å². The van der Waals surface area contributed by atoms with Gasteiger partial charge < -0.3 is 0 Å². The molecule has 4 aromatic heterocycles. The van der Waals surface area contributed by atoms with E-state index in [9.17, 15) is 13.2 Å². The number of aromatic nitrogens is 6. The number of alkyl halides is 3. The molecule has 1 aliphatic rings.